The van der Waals surface area contributed by atoms with Crippen molar-refractivity contribution in [2.75, 3.05) is 5.32 Å². The second-order valence-electron chi connectivity index (χ2n) is 4.98. The molecule has 2 aromatic heterocycles. The van der Waals surface area contributed by atoms with E-state index in [2.05, 4.69) is 20.6 Å². The zero-order valence-corrected chi connectivity index (χ0v) is 12.6. The molecule has 0 fully saturated rings. The minimum atomic E-state index is -0.145. The van der Waals surface area contributed by atoms with Crippen molar-refractivity contribution in [1.82, 2.24) is 15.3 Å². The van der Waals surface area contributed by atoms with Crippen LogP contribution in [-0.2, 0) is 6.54 Å². The third-order valence-corrected chi connectivity index (χ3v) is 3.37. The summed E-state index contributed by atoms with van der Waals surface area (Å²) in [6.07, 6.45) is 6.44. The number of amides is 1. The molecule has 2 heterocycles. The normalized spacial score (nSPS) is 10.3. The fourth-order valence-corrected chi connectivity index (χ4v) is 2.12. The van der Waals surface area contributed by atoms with Gasteiger partial charge < -0.3 is 15.1 Å². The lowest BCUT2D eigenvalue weighted by atomic mass is 10.1. The number of furan rings is 1. The van der Waals surface area contributed by atoms with Gasteiger partial charge in [-0.3, -0.25) is 9.78 Å². The fourth-order valence-electron chi connectivity index (χ4n) is 2.12. The van der Waals surface area contributed by atoms with Crippen LogP contribution in [0.25, 0.3) is 0 Å². The van der Waals surface area contributed by atoms with E-state index in [4.69, 9.17) is 4.42 Å². The summed E-state index contributed by atoms with van der Waals surface area (Å²) in [5.74, 6) is 1.29. The third kappa shape index (κ3) is 3.74. The molecule has 3 aromatic rings. The van der Waals surface area contributed by atoms with Crippen LogP contribution in [0.15, 0.2) is 59.6 Å². The van der Waals surface area contributed by atoms with E-state index in [0.29, 0.717) is 17.9 Å². The van der Waals surface area contributed by atoms with Gasteiger partial charge in [0.2, 0.25) is 0 Å². The van der Waals surface area contributed by atoms with Crippen LogP contribution in [0.1, 0.15) is 21.7 Å². The summed E-state index contributed by atoms with van der Waals surface area (Å²) in [5.41, 5.74) is 2.31. The maximum atomic E-state index is 12.3. The average molecular weight is 308 g/mol. The number of nitrogens with one attached hydrogen (secondary N) is 2. The van der Waals surface area contributed by atoms with Crippen molar-refractivity contribution >= 4 is 17.4 Å². The molecule has 0 saturated carbocycles. The smallest absolute Gasteiger partial charge is 0.251 e. The van der Waals surface area contributed by atoms with E-state index >= 15 is 0 Å². The molecule has 0 unspecified atom stereocenters. The van der Waals surface area contributed by atoms with E-state index < -0.39 is 0 Å². The molecule has 0 atom stereocenters. The average Bonchev–Trinajstić information content (AvgIpc) is 2.99. The monoisotopic (exact) mass is 308 g/mol. The Bertz CT molecular complexity index is 799. The maximum absolute atomic E-state index is 12.3. The fraction of sp³-hybridized carbons (Fsp3) is 0.118. The summed E-state index contributed by atoms with van der Waals surface area (Å²) in [7, 11) is 0. The van der Waals surface area contributed by atoms with Gasteiger partial charge in [0, 0.05) is 35.8 Å². The van der Waals surface area contributed by atoms with E-state index in [9.17, 15) is 4.79 Å². The van der Waals surface area contributed by atoms with Crippen molar-refractivity contribution in [3.63, 3.8) is 0 Å². The van der Waals surface area contributed by atoms with Crippen molar-refractivity contribution in [3.8, 4) is 0 Å². The molecular formula is C17H16N4O2. The number of aromatic nitrogens is 2. The Morgan fingerprint density at radius 3 is 2.91 bits per heavy atom. The first-order valence-electron chi connectivity index (χ1n) is 7.16. The molecule has 0 aliphatic rings. The molecule has 0 radical (unpaired) electrons. The number of benzene rings is 1. The number of hydrogen-bond acceptors (Lipinski definition) is 5. The number of carbonyl (C=O) groups is 1. The van der Waals surface area contributed by atoms with E-state index in [1.54, 1.807) is 37.0 Å². The molecule has 0 bridgehead atoms. The summed E-state index contributed by atoms with van der Waals surface area (Å²) >= 11 is 0. The predicted molar refractivity (Wildman–Crippen MR) is 86.4 cm³/mol. The van der Waals surface area contributed by atoms with Crippen LogP contribution in [0.3, 0.4) is 0 Å². The molecule has 1 aromatic carbocycles. The summed E-state index contributed by atoms with van der Waals surface area (Å²) < 4.78 is 5.21. The number of aryl methyl sites for hydroxylation is 1. The second-order valence-corrected chi connectivity index (χ2v) is 4.98. The van der Waals surface area contributed by atoms with Crippen molar-refractivity contribution in [3.05, 3.63) is 72.1 Å². The van der Waals surface area contributed by atoms with Gasteiger partial charge in [-0.1, -0.05) is 6.07 Å². The topological polar surface area (TPSA) is 80.0 Å². The van der Waals surface area contributed by atoms with Crippen LogP contribution >= 0.6 is 0 Å². The van der Waals surface area contributed by atoms with Crippen molar-refractivity contribution < 1.29 is 9.21 Å². The van der Waals surface area contributed by atoms with Gasteiger partial charge in [0.15, 0.2) is 0 Å². The van der Waals surface area contributed by atoms with Gasteiger partial charge in [-0.05, 0) is 31.2 Å². The standard InChI is InChI=1S/C17H16N4O2/c1-12-14(5-8-23-12)10-20-17(22)13-3-2-4-15(9-13)21-16-11-18-6-7-19-16/h2-9,11H,10H2,1H3,(H,19,21)(H,20,22). The summed E-state index contributed by atoms with van der Waals surface area (Å²) in [6, 6.07) is 9.07. The number of hydrogen-bond donors (Lipinski definition) is 2. The highest BCUT2D eigenvalue weighted by molar-refractivity contribution is 5.95. The quantitative estimate of drug-likeness (QED) is 0.757. The van der Waals surface area contributed by atoms with Gasteiger partial charge in [0.1, 0.15) is 11.6 Å². The Labute approximate surface area is 133 Å². The minimum absolute atomic E-state index is 0.145. The van der Waals surface area contributed by atoms with Crippen molar-refractivity contribution in [2.45, 2.75) is 13.5 Å². The van der Waals surface area contributed by atoms with Gasteiger partial charge in [-0.25, -0.2) is 4.98 Å². The van der Waals surface area contributed by atoms with Crippen LogP contribution in [0, 0.1) is 6.92 Å². The lowest BCUT2D eigenvalue weighted by Gasteiger charge is -2.08. The molecule has 0 saturated heterocycles. The summed E-state index contributed by atoms with van der Waals surface area (Å²) in [6.45, 7) is 2.30. The molecule has 0 aliphatic carbocycles. The molecule has 1 amide bonds. The van der Waals surface area contributed by atoms with Gasteiger partial charge in [0.05, 0.1) is 12.5 Å². The first-order chi connectivity index (χ1) is 11.2. The molecule has 0 aliphatic heterocycles. The van der Waals surface area contributed by atoms with Gasteiger partial charge in [-0.15, -0.1) is 0 Å². The number of rotatable bonds is 5. The van der Waals surface area contributed by atoms with E-state index in [1.807, 2.05) is 25.1 Å². The van der Waals surface area contributed by atoms with E-state index in [0.717, 1.165) is 17.0 Å². The van der Waals surface area contributed by atoms with Crippen molar-refractivity contribution in [1.29, 1.82) is 0 Å². The molecule has 116 valence electrons. The van der Waals surface area contributed by atoms with Gasteiger partial charge in [-0.2, -0.15) is 0 Å². The SMILES string of the molecule is Cc1occc1CNC(=O)c1cccc(Nc2cnccn2)c1. The number of nitrogens with zero attached hydrogens (tertiary/aromatic N) is 2. The second kappa shape index (κ2) is 6.74. The van der Waals surface area contributed by atoms with Crippen LogP contribution in [-0.4, -0.2) is 15.9 Å². The first kappa shape index (κ1) is 14.8. The van der Waals surface area contributed by atoms with Crippen molar-refractivity contribution in [2.24, 2.45) is 0 Å². The Hall–Kier alpha value is -3.15. The molecule has 6 nitrogen and oxygen atoms in total. The Kier molecular flexibility index (Phi) is 4.33. The largest absolute Gasteiger partial charge is 0.469 e. The first-order valence-corrected chi connectivity index (χ1v) is 7.16. The molecule has 0 spiro atoms. The Morgan fingerprint density at radius 1 is 1.26 bits per heavy atom. The molecular weight excluding hydrogens is 292 g/mol. The summed E-state index contributed by atoms with van der Waals surface area (Å²) in [5, 5.41) is 5.99. The van der Waals surface area contributed by atoms with Crippen LogP contribution in [0.4, 0.5) is 11.5 Å². The lowest BCUT2D eigenvalue weighted by Crippen LogP contribution is -2.22. The summed E-state index contributed by atoms with van der Waals surface area (Å²) in [4.78, 5) is 20.4. The predicted octanol–water partition coefficient (Wildman–Crippen LogP) is 3.05. The Balaban J connectivity index is 1.67. The van der Waals surface area contributed by atoms with Crippen LogP contribution < -0.4 is 10.6 Å². The number of carbonyl (C=O) groups excluding carboxylic acids is 1. The molecule has 2 N–H and O–H groups in total. The third-order valence-electron chi connectivity index (χ3n) is 3.37. The highest BCUT2D eigenvalue weighted by Crippen LogP contribution is 2.15. The van der Waals surface area contributed by atoms with Gasteiger partial charge in [0.25, 0.3) is 5.91 Å². The molecule has 6 heteroatoms. The highest BCUT2D eigenvalue weighted by atomic mass is 16.3. The van der Waals surface area contributed by atoms with Gasteiger partial charge >= 0.3 is 0 Å². The van der Waals surface area contributed by atoms with Crippen LogP contribution in [0.2, 0.25) is 0 Å². The minimum Gasteiger partial charge on any atom is -0.469 e. The lowest BCUT2D eigenvalue weighted by molar-refractivity contribution is 0.0951. The highest BCUT2D eigenvalue weighted by Gasteiger charge is 2.08. The van der Waals surface area contributed by atoms with E-state index in [1.165, 1.54) is 0 Å². The number of anilines is 2. The Morgan fingerprint density at radius 2 is 2.17 bits per heavy atom. The molecule has 23 heavy (non-hydrogen) atoms. The van der Waals surface area contributed by atoms with Crippen LogP contribution in [0.5, 0.6) is 0 Å². The maximum Gasteiger partial charge on any atom is 0.251 e. The molecule has 3 rings (SSSR count). The zero-order valence-electron chi connectivity index (χ0n) is 12.6. The zero-order chi connectivity index (χ0) is 16.1. The van der Waals surface area contributed by atoms with E-state index in [-0.39, 0.29) is 5.91 Å².